The van der Waals surface area contributed by atoms with Crippen molar-refractivity contribution in [3.8, 4) is 11.5 Å². The summed E-state index contributed by atoms with van der Waals surface area (Å²) in [6.07, 6.45) is 1.77. The first-order chi connectivity index (χ1) is 14.4. The molecule has 1 heterocycles. The smallest absolute Gasteiger partial charge is 0.318 e. The first-order valence-electron chi connectivity index (χ1n) is 8.66. The van der Waals surface area contributed by atoms with E-state index in [1.165, 1.54) is 17.8 Å². The minimum Gasteiger partial charge on any atom is -0.450 e. The summed E-state index contributed by atoms with van der Waals surface area (Å²) in [5.41, 5.74) is 0.556. The molecular weight excluding hydrogens is 408 g/mol. The van der Waals surface area contributed by atoms with E-state index >= 15 is 0 Å². The van der Waals surface area contributed by atoms with Crippen molar-refractivity contribution in [2.45, 2.75) is 4.90 Å². The van der Waals surface area contributed by atoms with E-state index in [2.05, 4.69) is 0 Å². The van der Waals surface area contributed by atoms with Crippen molar-refractivity contribution >= 4 is 35.0 Å². The average Bonchev–Trinajstić information content (AvgIpc) is 3.05. The SMILES string of the molecule is O=C1/C(=C\c2ccc(Oc3ccc([N+](=O)[O-])cc3[N+](=O)[O-])cc2)Sc2ccccc21. The number of nitro groups is 2. The lowest BCUT2D eigenvalue weighted by molar-refractivity contribution is -0.394. The van der Waals surface area contributed by atoms with Gasteiger partial charge < -0.3 is 4.74 Å². The zero-order chi connectivity index (χ0) is 21.3. The van der Waals surface area contributed by atoms with Gasteiger partial charge in [-0.3, -0.25) is 25.0 Å². The zero-order valence-corrected chi connectivity index (χ0v) is 16.0. The van der Waals surface area contributed by atoms with Crippen molar-refractivity contribution in [3.63, 3.8) is 0 Å². The highest BCUT2D eigenvalue weighted by molar-refractivity contribution is 8.04. The Balaban J connectivity index is 1.55. The van der Waals surface area contributed by atoms with Gasteiger partial charge in [-0.25, -0.2) is 0 Å². The second kappa shape index (κ2) is 7.80. The van der Waals surface area contributed by atoms with Gasteiger partial charge in [-0.1, -0.05) is 36.0 Å². The Kier molecular flexibility index (Phi) is 5.03. The highest BCUT2D eigenvalue weighted by Gasteiger charge is 2.25. The number of nitrogens with zero attached hydrogens (tertiary/aromatic N) is 2. The summed E-state index contributed by atoms with van der Waals surface area (Å²) in [5.74, 6) is 0.189. The number of rotatable bonds is 5. The van der Waals surface area contributed by atoms with Gasteiger partial charge in [-0.15, -0.1) is 0 Å². The molecule has 0 atom stereocenters. The van der Waals surface area contributed by atoms with E-state index in [1.54, 1.807) is 36.4 Å². The molecule has 0 amide bonds. The number of non-ortho nitro benzene ring substituents is 1. The maximum atomic E-state index is 12.5. The molecule has 0 unspecified atom stereocenters. The number of thioether (sulfide) groups is 1. The summed E-state index contributed by atoms with van der Waals surface area (Å²) in [5, 5.41) is 22.1. The van der Waals surface area contributed by atoms with Crippen LogP contribution in [0.2, 0.25) is 0 Å². The van der Waals surface area contributed by atoms with Crippen LogP contribution < -0.4 is 4.74 Å². The van der Waals surface area contributed by atoms with Gasteiger partial charge in [0.1, 0.15) is 5.75 Å². The summed E-state index contributed by atoms with van der Waals surface area (Å²) >= 11 is 1.41. The Hall–Kier alpha value is -3.98. The number of carbonyl (C=O) groups excluding carboxylic acids is 1. The third-order valence-corrected chi connectivity index (χ3v) is 5.43. The van der Waals surface area contributed by atoms with Gasteiger partial charge in [-0.2, -0.15) is 0 Å². The molecular formula is C21H12N2O6S. The topological polar surface area (TPSA) is 113 Å². The summed E-state index contributed by atoms with van der Waals surface area (Å²) < 4.78 is 5.55. The number of ether oxygens (including phenoxy) is 1. The van der Waals surface area contributed by atoms with E-state index in [4.69, 9.17) is 4.74 Å². The second-order valence-corrected chi connectivity index (χ2v) is 7.36. The van der Waals surface area contributed by atoms with Crippen molar-refractivity contribution in [1.82, 2.24) is 0 Å². The Morgan fingerprint density at radius 2 is 1.63 bits per heavy atom. The molecule has 148 valence electrons. The van der Waals surface area contributed by atoms with Gasteiger partial charge in [0, 0.05) is 16.5 Å². The van der Waals surface area contributed by atoms with Crippen LogP contribution in [0.1, 0.15) is 15.9 Å². The number of benzene rings is 3. The fraction of sp³-hybridized carbons (Fsp3) is 0. The maximum Gasteiger partial charge on any atom is 0.318 e. The van der Waals surface area contributed by atoms with Crippen LogP contribution in [0.5, 0.6) is 11.5 Å². The minimum atomic E-state index is -0.734. The molecule has 0 fully saturated rings. The van der Waals surface area contributed by atoms with E-state index in [1.807, 2.05) is 18.2 Å². The molecule has 3 aromatic carbocycles. The van der Waals surface area contributed by atoms with Crippen LogP contribution in [0.3, 0.4) is 0 Å². The standard InChI is InChI=1S/C21H12N2O6S/c24-21-16-3-1-2-4-19(16)30-20(21)11-13-5-8-15(9-6-13)29-18-10-7-14(22(25)26)12-17(18)23(27)28/h1-12H/b20-11+. The number of hydrogen-bond donors (Lipinski definition) is 0. The molecule has 0 saturated heterocycles. The van der Waals surface area contributed by atoms with Crippen LogP contribution in [0.4, 0.5) is 11.4 Å². The molecule has 3 aromatic rings. The van der Waals surface area contributed by atoms with Gasteiger partial charge in [-0.05, 0) is 42.0 Å². The monoisotopic (exact) mass is 420 g/mol. The summed E-state index contributed by atoms with van der Waals surface area (Å²) in [7, 11) is 0. The predicted molar refractivity (Wildman–Crippen MR) is 111 cm³/mol. The fourth-order valence-electron chi connectivity index (χ4n) is 2.89. The molecule has 4 rings (SSSR count). The van der Waals surface area contributed by atoms with Gasteiger partial charge in [0.15, 0.2) is 0 Å². The van der Waals surface area contributed by atoms with E-state index < -0.39 is 21.2 Å². The molecule has 0 saturated carbocycles. The minimum absolute atomic E-state index is 0.0302. The number of nitro benzene ring substituents is 2. The Labute approximate surface area is 174 Å². The van der Waals surface area contributed by atoms with Crippen LogP contribution >= 0.6 is 11.8 Å². The first kappa shape index (κ1) is 19.3. The third-order valence-electron chi connectivity index (χ3n) is 4.33. The molecule has 1 aliphatic heterocycles. The number of carbonyl (C=O) groups is 1. The maximum absolute atomic E-state index is 12.5. The van der Waals surface area contributed by atoms with E-state index in [-0.39, 0.29) is 11.5 Å². The zero-order valence-electron chi connectivity index (χ0n) is 15.2. The molecule has 1 aliphatic rings. The Morgan fingerprint density at radius 3 is 2.30 bits per heavy atom. The molecule has 8 nitrogen and oxygen atoms in total. The molecule has 0 aliphatic carbocycles. The van der Waals surface area contributed by atoms with Gasteiger partial charge in [0.25, 0.3) is 5.69 Å². The van der Waals surface area contributed by atoms with Crippen LogP contribution in [0.25, 0.3) is 6.08 Å². The highest BCUT2D eigenvalue weighted by Crippen LogP contribution is 2.41. The summed E-state index contributed by atoms with van der Waals surface area (Å²) in [6, 6.07) is 17.2. The molecule has 9 heteroatoms. The second-order valence-electron chi connectivity index (χ2n) is 6.27. The fourth-order valence-corrected chi connectivity index (χ4v) is 3.95. The largest absolute Gasteiger partial charge is 0.450 e. The predicted octanol–water partition coefficient (Wildman–Crippen LogP) is 5.62. The molecule has 0 spiro atoms. The van der Waals surface area contributed by atoms with Crippen molar-refractivity contribution in [1.29, 1.82) is 0 Å². The van der Waals surface area contributed by atoms with Crippen LogP contribution in [-0.4, -0.2) is 15.6 Å². The van der Waals surface area contributed by atoms with Crippen LogP contribution in [0, 0.1) is 20.2 Å². The normalized spacial score (nSPS) is 13.9. The van der Waals surface area contributed by atoms with Gasteiger partial charge in [0.2, 0.25) is 11.5 Å². The van der Waals surface area contributed by atoms with Crippen molar-refractivity contribution in [2.75, 3.05) is 0 Å². The Bertz CT molecular complexity index is 1220. The summed E-state index contributed by atoms with van der Waals surface area (Å²) in [4.78, 5) is 34.6. The van der Waals surface area contributed by atoms with Crippen molar-refractivity contribution in [3.05, 3.63) is 103 Å². The highest BCUT2D eigenvalue weighted by atomic mass is 32.2. The van der Waals surface area contributed by atoms with Gasteiger partial charge in [0.05, 0.1) is 20.8 Å². The van der Waals surface area contributed by atoms with Gasteiger partial charge >= 0.3 is 5.69 Å². The van der Waals surface area contributed by atoms with Crippen molar-refractivity contribution in [2.24, 2.45) is 0 Å². The molecule has 0 aromatic heterocycles. The number of fused-ring (bicyclic) bond motifs is 1. The quantitative estimate of drug-likeness (QED) is 0.299. The molecule has 0 bridgehead atoms. The number of allylic oxidation sites excluding steroid dienone is 1. The van der Waals surface area contributed by atoms with Crippen LogP contribution in [-0.2, 0) is 0 Å². The van der Waals surface area contributed by atoms with E-state index in [0.29, 0.717) is 16.2 Å². The number of ketones is 1. The summed E-state index contributed by atoms with van der Waals surface area (Å²) in [6.45, 7) is 0. The lowest BCUT2D eigenvalue weighted by Crippen LogP contribution is -1.96. The molecule has 0 radical (unpaired) electrons. The Morgan fingerprint density at radius 1 is 0.900 bits per heavy atom. The van der Waals surface area contributed by atoms with E-state index in [9.17, 15) is 25.0 Å². The number of hydrogen-bond acceptors (Lipinski definition) is 7. The van der Waals surface area contributed by atoms with Crippen LogP contribution in [0.15, 0.2) is 76.5 Å². The lowest BCUT2D eigenvalue weighted by atomic mass is 10.1. The molecule has 0 N–H and O–H groups in total. The average molecular weight is 420 g/mol. The van der Waals surface area contributed by atoms with Crippen molar-refractivity contribution < 1.29 is 19.4 Å². The first-order valence-corrected chi connectivity index (χ1v) is 9.48. The van der Waals surface area contributed by atoms with E-state index in [0.717, 1.165) is 22.6 Å². The lowest BCUT2D eigenvalue weighted by Gasteiger charge is -2.06. The molecule has 30 heavy (non-hydrogen) atoms. The number of Topliss-reactive ketones (excluding diaryl/α,β-unsaturated/α-hetero) is 1. The third kappa shape index (κ3) is 3.78.